The van der Waals surface area contributed by atoms with Crippen LogP contribution < -0.4 is 10.6 Å². The molecule has 1 saturated carbocycles. The van der Waals surface area contributed by atoms with Crippen LogP contribution >= 0.6 is 0 Å². The van der Waals surface area contributed by atoms with Crippen molar-refractivity contribution in [3.05, 3.63) is 35.4 Å². The fourth-order valence-corrected chi connectivity index (χ4v) is 3.49. The van der Waals surface area contributed by atoms with Crippen LogP contribution in [0, 0.1) is 5.92 Å². The number of halogens is 3. The van der Waals surface area contributed by atoms with Gasteiger partial charge in [0.15, 0.2) is 5.96 Å². The van der Waals surface area contributed by atoms with Crippen molar-refractivity contribution < 1.29 is 17.9 Å². The molecular formula is C20H29F3N4O. The van der Waals surface area contributed by atoms with E-state index in [1.165, 1.54) is 32.4 Å². The van der Waals surface area contributed by atoms with Gasteiger partial charge in [0.1, 0.15) is 6.61 Å². The number of hydrogen-bond acceptors (Lipinski definition) is 3. The van der Waals surface area contributed by atoms with E-state index in [2.05, 4.69) is 25.3 Å². The smallest absolute Gasteiger partial charge is 0.367 e. The molecule has 0 spiro atoms. The first kappa shape index (κ1) is 20.9. The summed E-state index contributed by atoms with van der Waals surface area (Å²) in [4.78, 5) is 6.87. The molecule has 1 aromatic carbocycles. The van der Waals surface area contributed by atoms with Crippen molar-refractivity contribution in [1.29, 1.82) is 0 Å². The van der Waals surface area contributed by atoms with Gasteiger partial charge >= 0.3 is 6.18 Å². The lowest BCUT2D eigenvalue weighted by atomic mass is 10.1. The van der Waals surface area contributed by atoms with Gasteiger partial charge in [0.25, 0.3) is 0 Å². The van der Waals surface area contributed by atoms with E-state index in [0.29, 0.717) is 12.5 Å². The summed E-state index contributed by atoms with van der Waals surface area (Å²) in [5.74, 6) is 1.43. The molecule has 0 aromatic heterocycles. The molecule has 1 unspecified atom stereocenters. The summed E-state index contributed by atoms with van der Waals surface area (Å²) in [6, 6.07) is 8.18. The minimum absolute atomic E-state index is 0.0459. The molecule has 2 N–H and O–H groups in total. The fourth-order valence-electron chi connectivity index (χ4n) is 3.49. The molecule has 8 heteroatoms. The van der Waals surface area contributed by atoms with Gasteiger partial charge in [0.05, 0.1) is 6.61 Å². The Kier molecular flexibility index (Phi) is 7.18. The van der Waals surface area contributed by atoms with E-state index < -0.39 is 12.8 Å². The summed E-state index contributed by atoms with van der Waals surface area (Å²) < 4.78 is 41.0. The molecule has 5 nitrogen and oxygen atoms in total. The van der Waals surface area contributed by atoms with E-state index in [0.717, 1.165) is 29.7 Å². The highest BCUT2D eigenvalue weighted by molar-refractivity contribution is 5.79. The molecule has 1 atom stereocenters. The Morgan fingerprint density at radius 3 is 2.50 bits per heavy atom. The zero-order valence-electron chi connectivity index (χ0n) is 16.3. The Morgan fingerprint density at radius 2 is 1.86 bits per heavy atom. The number of nitrogens with one attached hydrogen (secondary N) is 2. The average molecular weight is 398 g/mol. The molecule has 0 bridgehead atoms. The fraction of sp³-hybridized carbons (Fsp3) is 0.650. The van der Waals surface area contributed by atoms with Crippen LogP contribution in [-0.4, -0.2) is 56.4 Å². The van der Waals surface area contributed by atoms with Gasteiger partial charge in [-0.25, -0.2) is 0 Å². The SMILES string of the molecule is CN=C(NCc1ccc(COCC(F)(F)F)cc1)NCC1CCN(C2CC2)C1. The number of benzene rings is 1. The number of nitrogens with zero attached hydrogens (tertiary/aromatic N) is 2. The van der Waals surface area contributed by atoms with Gasteiger partial charge in [0.2, 0.25) is 0 Å². The van der Waals surface area contributed by atoms with Crippen LogP contribution in [0.4, 0.5) is 13.2 Å². The molecule has 0 radical (unpaired) electrons. The van der Waals surface area contributed by atoms with E-state index >= 15 is 0 Å². The maximum Gasteiger partial charge on any atom is 0.411 e. The van der Waals surface area contributed by atoms with Gasteiger partial charge in [-0.05, 0) is 42.9 Å². The Balaban J connectivity index is 1.35. The molecule has 1 saturated heterocycles. The molecule has 1 aromatic rings. The number of hydrogen-bond donors (Lipinski definition) is 2. The number of rotatable bonds is 8. The number of likely N-dealkylation sites (tertiary alicyclic amines) is 1. The molecule has 1 heterocycles. The second-order valence-corrected chi connectivity index (χ2v) is 7.61. The predicted octanol–water partition coefficient (Wildman–Crippen LogP) is 2.91. The number of guanidine groups is 1. The molecule has 156 valence electrons. The van der Waals surface area contributed by atoms with Crippen LogP contribution in [0.2, 0.25) is 0 Å². The molecule has 1 aliphatic heterocycles. The Hall–Kier alpha value is -1.80. The van der Waals surface area contributed by atoms with Gasteiger partial charge in [-0.3, -0.25) is 4.99 Å². The lowest BCUT2D eigenvalue weighted by Crippen LogP contribution is -2.40. The third kappa shape index (κ3) is 6.98. The number of ether oxygens (including phenoxy) is 1. The van der Waals surface area contributed by atoms with Gasteiger partial charge in [-0.15, -0.1) is 0 Å². The topological polar surface area (TPSA) is 48.9 Å². The molecule has 2 fully saturated rings. The van der Waals surface area contributed by atoms with Crippen molar-refractivity contribution in [2.24, 2.45) is 10.9 Å². The van der Waals surface area contributed by atoms with E-state index in [1.807, 2.05) is 12.1 Å². The minimum Gasteiger partial charge on any atom is -0.367 e. The van der Waals surface area contributed by atoms with E-state index in [-0.39, 0.29) is 6.61 Å². The minimum atomic E-state index is -4.29. The van der Waals surface area contributed by atoms with Gasteiger partial charge in [0, 0.05) is 32.7 Å². The second kappa shape index (κ2) is 9.60. The van der Waals surface area contributed by atoms with Crippen molar-refractivity contribution in [2.45, 2.75) is 44.6 Å². The molecule has 2 aliphatic rings. The highest BCUT2D eigenvalue weighted by Crippen LogP contribution is 2.31. The summed E-state index contributed by atoms with van der Waals surface area (Å²) in [7, 11) is 1.75. The van der Waals surface area contributed by atoms with Crippen LogP contribution in [0.1, 0.15) is 30.4 Å². The van der Waals surface area contributed by atoms with E-state index in [4.69, 9.17) is 0 Å². The first-order chi connectivity index (χ1) is 13.4. The molecule has 0 amide bonds. The van der Waals surface area contributed by atoms with Crippen LogP contribution in [0.5, 0.6) is 0 Å². The third-order valence-electron chi connectivity index (χ3n) is 5.18. The molecule has 3 rings (SSSR count). The molecule has 28 heavy (non-hydrogen) atoms. The summed E-state index contributed by atoms with van der Waals surface area (Å²) >= 11 is 0. The first-order valence-corrected chi connectivity index (χ1v) is 9.84. The molecular weight excluding hydrogens is 369 g/mol. The van der Waals surface area contributed by atoms with Crippen molar-refractivity contribution in [1.82, 2.24) is 15.5 Å². The zero-order valence-corrected chi connectivity index (χ0v) is 16.3. The summed E-state index contributed by atoms with van der Waals surface area (Å²) in [6.45, 7) is 2.63. The van der Waals surface area contributed by atoms with Crippen molar-refractivity contribution >= 4 is 5.96 Å². The van der Waals surface area contributed by atoms with Crippen molar-refractivity contribution in [3.8, 4) is 0 Å². The predicted molar refractivity (Wildman–Crippen MR) is 103 cm³/mol. The highest BCUT2D eigenvalue weighted by atomic mass is 19.4. The summed E-state index contributed by atoms with van der Waals surface area (Å²) in [5, 5.41) is 6.68. The number of alkyl halides is 3. The Bertz CT molecular complexity index is 644. The van der Waals surface area contributed by atoms with Crippen molar-refractivity contribution in [2.75, 3.05) is 33.3 Å². The van der Waals surface area contributed by atoms with E-state index in [1.54, 1.807) is 19.2 Å². The zero-order chi connectivity index (χ0) is 20.0. The molecule has 1 aliphatic carbocycles. The number of aliphatic imine (C=N–C) groups is 1. The van der Waals surface area contributed by atoms with Crippen LogP contribution in [0.3, 0.4) is 0 Å². The highest BCUT2D eigenvalue weighted by Gasteiger charge is 2.34. The average Bonchev–Trinajstić information content (AvgIpc) is 3.40. The second-order valence-electron chi connectivity index (χ2n) is 7.61. The van der Waals surface area contributed by atoms with Crippen molar-refractivity contribution in [3.63, 3.8) is 0 Å². The van der Waals surface area contributed by atoms with E-state index in [9.17, 15) is 13.2 Å². The summed E-state index contributed by atoms with van der Waals surface area (Å²) in [5.41, 5.74) is 1.75. The Morgan fingerprint density at radius 1 is 1.14 bits per heavy atom. The summed E-state index contributed by atoms with van der Waals surface area (Å²) in [6.07, 6.45) is -0.340. The van der Waals surface area contributed by atoms with Gasteiger partial charge < -0.3 is 20.3 Å². The lowest BCUT2D eigenvalue weighted by molar-refractivity contribution is -0.176. The quantitative estimate of drug-likeness (QED) is 0.522. The van der Waals surface area contributed by atoms with Gasteiger partial charge in [-0.1, -0.05) is 24.3 Å². The van der Waals surface area contributed by atoms with Crippen LogP contribution in [0.25, 0.3) is 0 Å². The standard InChI is InChI=1S/C20H29F3N4O/c1-24-19(26-11-17-8-9-27(12-17)18-6-7-18)25-10-15-2-4-16(5-3-15)13-28-14-20(21,22)23/h2-5,17-18H,6-14H2,1H3,(H2,24,25,26). The largest absolute Gasteiger partial charge is 0.411 e. The normalized spacial score (nSPS) is 21.1. The Labute approximate surface area is 164 Å². The first-order valence-electron chi connectivity index (χ1n) is 9.84. The van der Waals surface area contributed by atoms with Crippen LogP contribution in [-0.2, 0) is 17.9 Å². The van der Waals surface area contributed by atoms with Gasteiger partial charge in [-0.2, -0.15) is 13.2 Å². The lowest BCUT2D eigenvalue weighted by Gasteiger charge is -2.17. The monoisotopic (exact) mass is 398 g/mol. The third-order valence-corrected chi connectivity index (χ3v) is 5.18. The van der Waals surface area contributed by atoms with Crippen LogP contribution in [0.15, 0.2) is 29.3 Å². The maximum absolute atomic E-state index is 12.1. The maximum atomic E-state index is 12.1.